The van der Waals surface area contributed by atoms with Crippen LogP contribution in [0.3, 0.4) is 0 Å². The van der Waals surface area contributed by atoms with E-state index in [0.717, 1.165) is 24.9 Å². The van der Waals surface area contributed by atoms with Gasteiger partial charge in [0.05, 0.1) is 17.2 Å². The molecule has 1 fully saturated rings. The second kappa shape index (κ2) is 8.21. The molecule has 128 valence electrons. The zero-order chi connectivity index (χ0) is 16.9. The summed E-state index contributed by atoms with van der Waals surface area (Å²) >= 11 is 12.7. The van der Waals surface area contributed by atoms with E-state index in [9.17, 15) is 0 Å². The maximum absolute atomic E-state index is 6.36. The minimum atomic E-state index is 0.302. The van der Waals surface area contributed by atoms with Gasteiger partial charge in [0, 0.05) is 24.2 Å². The highest BCUT2D eigenvalue weighted by Gasteiger charge is 2.26. The first-order valence-corrected chi connectivity index (χ1v) is 8.98. The van der Waals surface area contributed by atoms with Gasteiger partial charge < -0.3 is 15.4 Å². The standard InChI is InChI=1S/C19H22Cl2N2O/c1-24-14-10-16(20)15(17(21)11-14)12-23-18-8-5-9-22-19(18)13-6-3-2-4-7-13/h2-4,6-7,10-11,18-19,22-23H,5,8-9,12H2,1H3. The number of benzene rings is 2. The lowest BCUT2D eigenvalue weighted by molar-refractivity contribution is 0.304. The molecule has 0 amide bonds. The zero-order valence-electron chi connectivity index (χ0n) is 13.7. The number of hydrogen-bond donors (Lipinski definition) is 2. The summed E-state index contributed by atoms with van der Waals surface area (Å²) in [5, 5.41) is 8.52. The SMILES string of the molecule is COc1cc(Cl)c(CNC2CCCNC2c2ccccc2)c(Cl)c1. The van der Waals surface area contributed by atoms with Crippen LogP contribution in [0, 0.1) is 0 Å². The minimum Gasteiger partial charge on any atom is -0.497 e. The largest absolute Gasteiger partial charge is 0.497 e. The Bertz CT molecular complexity index is 655. The van der Waals surface area contributed by atoms with Crippen LogP contribution in [0.4, 0.5) is 0 Å². The summed E-state index contributed by atoms with van der Waals surface area (Å²) in [5.41, 5.74) is 2.22. The average molecular weight is 365 g/mol. The molecular weight excluding hydrogens is 343 g/mol. The first kappa shape index (κ1) is 17.6. The fourth-order valence-electron chi connectivity index (χ4n) is 3.22. The van der Waals surface area contributed by atoms with E-state index in [1.54, 1.807) is 19.2 Å². The minimum absolute atomic E-state index is 0.302. The van der Waals surface area contributed by atoms with Gasteiger partial charge in [-0.15, -0.1) is 0 Å². The van der Waals surface area contributed by atoms with Crippen LogP contribution < -0.4 is 15.4 Å². The lowest BCUT2D eigenvalue weighted by Crippen LogP contribution is -2.45. The second-order valence-corrected chi connectivity index (χ2v) is 6.86. The monoisotopic (exact) mass is 364 g/mol. The van der Waals surface area contributed by atoms with Crippen LogP contribution in [-0.4, -0.2) is 19.7 Å². The Hall–Kier alpha value is -1.26. The number of halogens is 2. The van der Waals surface area contributed by atoms with E-state index < -0.39 is 0 Å². The molecule has 2 unspecified atom stereocenters. The Balaban J connectivity index is 1.73. The molecule has 1 heterocycles. The number of nitrogens with one attached hydrogen (secondary N) is 2. The van der Waals surface area contributed by atoms with Crippen LogP contribution in [0.2, 0.25) is 10.0 Å². The normalized spacial score (nSPS) is 20.8. The topological polar surface area (TPSA) is 33.3 Å². The third-order valence-electron chi connectivity index (χ3n) is 4.51. The van der Waals surface area contributed by atoms with Crippen molar-refractivity contribution in [2.75, 3.05) is 13.7 Å². The first-order chi connectivity index (χ1) is 11.7. The van der Waals surface area contributed by atoms with E-state index in [2.05, 4.69) is 34.9 Å². The quantitative estimate of drug-likeness (QED) is 0.814. The molecule has 1 aliphatic rings. The Morgan fingerprint density at radius 2 is 1.88 bits per heavy atom. The van der Waals surface area contributed by atoms with Gasteiger partial charge in [0.15, 0.2) is 0 Å². The predicted molar refractivity (Wildman–Crippen MR) is 100 cm³/mol. The van der Waals surface area contributed by atoms with Crippen LogP contribution in [0.15, 0.2) is 42.5 Å². The summed E-state index contributed by atoms with van der Waals surface area (Å²) in [6, 6.07) is 14.8. The number of piperidine rings is 1. The van der Waals surface area contributed by atoms with Crippen molar-refractivity contribution in [2.24, 2.45) is 0 Å². The van der Waals surface area contributed by atoms with Crippen LogP contribution >= 0.6 is 23.2 Å². The van der Waals surface area contributed by atoms with Gasteiger partial charge in [-0.1, -0.05) is 53.5 Å². The Morgan fingerprint density at radius 1 is 1.17 bits per heavy atom. The zero-order valence-corrected chi connectivity index (χ0v) is 15.2. The fraction of sp³-hybridized carbons (Fsp3) is 0.368. The van der Waals surface area contributed by atoms with Crippen molar-refractivity contribution < 1.29 is 4.74 Å². The highest BCUT2D eigenvalue weighted by atomic mass is 35.5. The summed E-state index contributed by atoms with van der Waals surface area (Å²) in [5.74, 6) is 0.676. The lowest BCUT2D eigenvalue weighted by atomic mass is 9.92. The molecule has 5 heteroatoms. The van der Waals surface area contributed by atoms with Crippen molar-refractivity contribution in [3.63, 3.8) is 0 Å². The number of hydrogen-bond acceptors (Lipinski definition) is 3. The van der Waals surface area contributed by atoms with E-state index in [1.165, 1.54) is 5.56 Å². The molecule has 0 radical (unpaired) electrons. The highest BCUT2D eigenvalue weighted by Crippen LogP contribution is 2.31. The number of methoxy groups -OCH3 is 1. The summed E-state index contributed by atoms with van der Waals surface area (Å²) in [6.45, 7) is 1.68. The molecule has 24 heavy (non-hydrogen) atoms. The summed E-state index contributed by atoms with van der Waals surface area (Å²) < 4.78 is 5.20. The molecule has 1 aliphatic heterocycles. The molecule has 1 saturated heterocycles. The smallest absolute Gasteiger partial charge is 0.121 e. The molecule has 0 bridgehead atoms. The van der Waals surface area contributed by atoms with Crippen molar-refractivity contribution in [1.82, 2.24) is 10.6 Å². The molecular formula is C19H22Cl2N2O. The number of ether oxygens (including phenoxy) is 1. The number of rotatable bonds is 5. The van der Waals surface area contributed by atoms with E-state index in [4.69, 9.17) is 27.9 Å². The molecule has 2 N–H and O–H groups in total. The van der Waals surface area contributed by atoms with Crippen molar-refractivity contribution in [3.05, 3.63) is 63.6 Å². The van der Waals surface area contributed by atoms with Crippen molar-refractivity contribution >= 4 is 23.2 Å². The molecule has 2 atom stereocenters. The summed E-state index contributed by atoms with van der Waals surface area (Å²) in [7, 11) is 1.61. The van der Waals surface area contributed by atoms with Gasteiger partial charge in [0.2, 0.25) is 0 Å². The summed E-state index contributed by atoms with van der Waals surface area (Å²) in [4.78, 5) is 0. The van der Waals surface area contributed by atoms with Crippen molar-refractivity contribution in [2.45, 2.75) is 31.5 Å². The van der Waals surface area contributed by atoms with Gasteiger partial charge in [0.25, 0.3) is 0 Å². The highest BCUT2D eigenvalue weighted by molar-refractivity contribution is 6.36. The van der Waals surface area contributed by atoms with Crippen molar-refractivity contribution in [1.29, 1.82) is 0 Å². The fourth-order valence-corrected chi connectivity index (χ4v) is 3.82. The van der Waals surface area contributed by atoms with E-state index in [1.807, 2.05) is 6.07 Å². The Morgan fingerprint density at radius 3 is 2.54 bits per heavy atom. The molecule has 2 aromatic rings. The molecule has 0 saturated carbocycles. The third kappa shape index (κ3) is 4.04. The summed E-state index contributed by atoms with van der Waals surface area (Å²) in [6.07, 6.45) is 2.28. The van der Waals surface area contributed by atoms with Crippen LogP contribution in [0.5, 0.6) is 5.75 Å². The van der Waals surface area contributed by atoms with Gasteiger partial charge >= 0.3 is 0 Å². The predicted octanol–water partition coefficient (Wildman–Crippen LogP) is 4.58. The van der Waals surface area contributed by atoms with Gasteiger partial charge in [-0.2, -0.15) is 0 Å². The van der Waals surface area contributed by atoms with E-state index >= 15 is 0 Å². The van der Waals surface area contributed by atoms with Gasteiger partial charge in [-0.05, 0) is 37.1 Å². The van der Waals surface area contributed by atoms with E-state index in [-0.39, 0.29) is 0 Å². The Kier molecular flexibility index (Phi) is 6.01. The molecule has 0 aliphatic carbocycles. The van der Waals surface area contributed by atoms with Crippen LogP contribution in [-0.2, 0) is 6.54 Å². The van der Waals surface area contributed by atoms with Gasteiger partial charge in [-0.3, -0.25) is 0 Å². The van der Waals surface area contributed by atoms with Crippen LogP contribution in [0.25, 0.3) is 0 Å². The lowest BCUT2D eigenvalue weighted by Gasteiger charge is -2.34. The second-order valence-electron chi connectivity index (χ2n) is 6.04. The molecule has 2 aromatic carbocycles. The molecule has 0 spiro atoms. The maximum atomic E-state index is 6.36. The third-order valence-corrected chi connectivity index (χ3v) is 5.18. The van der Waals surface area contributed by atoms with Crippen LogP contribution in [0.1, 0.15) is 30.0 Å². The first-order valence-electron chi connectivity index (χ1n) is 8.22. The maximum Gasteiger partial charge on any atom is 0.121 e. The average Bonchev–Trinajstić information content (AvgIpc) is 2.62. The van der Waals surface area contributed by atoms with E-state index in [0.29, 0.717) is 34.4 Å². The van der Waals surface area contributed by atoms with Gasteiger partial charge in [0.1, 0.15) is 5.75 Å². The molecule has 3 rings (SSSR count). The van der Waals surface area contributed by atoms with Gasteiger partial charge in [-0.25, -0.2) is 0 Å². The van der Waals surface area contributed by atoms with Crippen molar-refractivity contribution in [3.8, 4) is 5.75 Å². The Labute approximate surface area is 153 Å². The molecule has 3 nitrogen and oxygen atoms in total. The molecule has 0 aromatic heterocycles.